The second-order valence-corrected chi connectivity index (χ2v) is 8.69. The van der Waals surface area contributed by atoms with Gasteiger partial charge in [0.1, 0.15) is 34.7 Å². The summed E-state index contributed by atoms with van der Waals surface area (Å²) in [5.74, 6) is 0.942. The van der Waals surface area contributed by atoms with Crippen LogP contribution in [0.4, 0.5) is 14.9 Å². The number of amides is 2. The van der Waals surface area contributed by atoms with E-state index >= 15 is 0 Å². The van der Waals surface area contributed by atoms with Crippen LogP contribution < -0.4 is 15.4 Å². The molecule has 0 spiro atoms. The fraction of sp³-hybridized carbons (Fsp3) is 0.207. The van der Waals surface area contributed by atoms with E-state index in [1.165, 1.54) is 24.3 Å². The fourth-order valence-electron chi connectivity index (χ4n) is 3.69. The number of benzene rings is 3. The van der Waals surface area contributed by atoms with Gasteiger partial charge in [0, 0.05) is 6.42 Å². The number of nitrogens with one attached hydrogen (secondary N) is 2. The molecule has 0 bridgehead atoms. The molecule has 0 aliphatic rings. The van der Waals surface area contributed by atoms with Gasteiger partial charge in [-0.1, -0.05) is 47.6 Å². The summed E-state index contributed by atoms with van der Waals surface area (Å²) in [6, 6.07) is 20.8. The maximum absolute atomic E-state index is 13.2. The molecule has 0 fully saturated rings. The Bertz CT molecular complexity index is 1340. The Labute approximate surface area is 219 Å². The molecular weight excluding hydrogens is 489 g/mol. The molecule has 4 aromatic rings. The predicted molar refractivity (Wildman–Crippen MR) is 140 cm³/mol. The molecule has 3 aromatic carbocycles. The van der Waals surface area contributed by atoms with Crippen molar-refractivity contribution < 1.29 is 28.0 Å². The normalized spacial score (nSPS) is 11.6. The highest BCUT2D eigenvalue weighted by molar-refractivity contribution is 5.95. The van der Waals surface area contributed by atoms with Gasteiger partial charge in [0.15, 0.2) is 11.5 Å². The Kier molecular flexibility index (Phi) is 8.84. The van der Waals surface area contributed by atoms with Crippen LogP contribution in [0, 0.1) is 19.7 Å². The molecule has 0 aliphatic heterocycles. The number of carbonyl (C=O) groups is 2. The van der Waals surface area contributed by atoms with Gasteiger partial charge >= 0.3 is 6.03 Å². The molecule has 0 radical (unpaired) electrons. The number of halogens is 1. The lowest BCUT2D eigenvalue weighted by molar-refractivity contribution is -0.121. The number of carbonyl (C=O) groups excluding carboxylic acids is 2. The Hall–Kier alpha value is -4.50. The third-order valence-corrected chi connectivity index (χ3v) is 5.71. The molecule has 0 saturated carbocycles. The first kappa shape index (κ1) is 26.6. The first-order chi connectivity index (χ1) is 18.4. The highest BCUT2D eigenvalue weighted by Gasteiger charge is 2.23. The molecule has 0 unspecified atom stereocenters. The monoisotopic (exact) mass is 517 g/mol. The standard InChI is InChI=1S/C29H28FN3O5/c1-19-28(20(2)38-33-19)32-29(35)31-26(18-36-17-22-6-4-3-5-7-22)27(34)16-21-8-12-24(13-9-21)37-25-14-10-23(30)11-15-25/h3-15,26H,16-18H2,1-2H3,(H2,31,32,35)/t26-/m0/s1. The molecule has 196 valence electrons. The van der Waals surface area contributed by atoms with Crippen LogP contribution in [0.15, 0.2) is 83.4 Å². The summed E-state index contributed by atoms with van der Waals surface area (Å²) in [5.41, 5.74) is 2.68. The molecule has 1 heterocycles. The van der Waals surface area contributed by atoms with Crippen molar-refractivity contribution in [2.45, 2.75) is 32.9 Å². The number of anilines is 1. The maximum Gasteiger partial charge on any atom is 0.320 e. The van der Waals surface area contributed by atoms with Gasteiger partial charge in [-0.15, -0.1) is 0 Å². The molecule has 1 atom stereocenters. The number of aromatic nitrogens is 1. The zero-order valence-corrected chi connectivity index (χ0v) is 21.1. The van der Waals surface area contributed by atoms with Gasteiger partial charge in [-0.3, -0.25) is 4.79 Å². The zero-order chi connectivity index (χ0) is 26.9. The van der Waals surface area contributed by atoms with Gasteiger partial charge in [-0.25, -0.2) is 9.18 Å². The predicted octanol–water partition coefficient (Wildman–Crippen LogP) is 5.74. The van der Waals surface area contributed by atoms with E-state index in [9.17, 15) is 14.0 Å². The minimum absolute atomic E-state index is 0.00545. The number of nitrogens with zero attached hydrogens (tertiary/aromatic N) is 1. The summed E-state index contributed by atoms with van der Waals surface area (Å²) in [4.78, 5) is 25.9. The van der Waals surface area contributed by atoms with Crippen molar-refractivity contribution in [1.29, 1.82) is 0 Å². The van der Waals surface area contributed by atoms with Crippen LogP contribution in [0.1, 0.15) is 22.6 Å². The maximum atomic E-state index is 13.2. The number of ether oxygens (including phenoxy) is 2. The van der Waals surface area contributed by atoms with Crippen LogP contribution in [-0.2, 0) is 22.6 Å². The van der Waals surface area contributed by atoms with E-state index in [0.29, 0.717) is 35.2 Å². The highest BCUT2D eigenvalue weighted by Crippen LogP contribution is 2.22. The Morgan fingerprint density at radius 1 is 0.921 bits per heavy atom. The average Bonchev–Trinajstić information content (AvgIpc) is 3.23. The van der Waals surface area contributed by atoms with Crippen LogP contribution >= 0.6 is 0 Å². The topological polar surface area (TPSA) is 103 Å². The van der Waals surface area contributed by atoms with Gasteiger partial charge in [-0.05, 0) is 61.4 Å². The second kappa shape index (κ2) is 12.6. The van der Waals surface area contributed by atoms with Gasteiger partial charge in [0.25, 0.3) is 0 Å². The smallest absolute Gasteiger partial charge is 0.320 e. The number of rotatable bonds is 11. The molecule has 38 heavy (non-hydrogen) atoms. The van der Waals surface area contributed by atoms with Gasteiger partial charge in [0.05, 0.1) is 13.2 Å². The largest absolute Gasteiger partial charge is 0.457 e. The highest BCUT2D eigenvalue weighted by atomic mass is 19.1. The van der Waals surface area contributed by atoms with E-state index in [1.807, 2.05) is 30.3 Å². The number of urea groups is 1. The molecule has 2 amide bonds. The number of ketones is 1. The lowest BCUT2D eigenvalue weighted by atomic mass is 10.0. The molecule has 4 rings (SSSR count). The number of hydrogen-bond acceptors (Lipinski definition) is 6. The van der Waals surface area contributed by atoms with Crippen molar-refractivity contribution in [2.24, 2.45) is 0 Å². The molecule has 0 saturated heterocycles. The number of hydrogen-bond donors (Lipinski definition) is 2. The molecule has 0 aliphatic carbocycles. The summed E-state index contributed by atoms with van der Waals surface area (Å²) in [7, 11) is 0. The van der Waals surface area contributed by atoms with E-state index in [-0.39, 0.29) is 24.6 Å². The molecule has 2 N–H and O–H groups in total. The van der Waals surface area contributed by atoms with Gasteiger partial charge in [-0.2, -0.15) is 0 Å². The van der Waals surface area contributed by atoms with Crippen molar-refractivity contribution in [3.8, 4) is 11.5 Å². The Morgan fingerprint density at radius 2 is 1.58 bits per heavy atom. The SMILES string of the molecule is Cc1noc(C)c1NC(=O)N[C@@H](COCc1ccccc1)C(=O)Cc1ccc(Oc2ccc(F)cc2)cc1. The second-order valence-electron chi connectivity index (χ2n) is 8.69. The van der Waals surface area contributed by atoms with Crippen molar-refractivity contribution in [3.63, 3.8) is 0 Å². The number of aryl methyl sites for hydroxylation is 2. The van der Waals surface area contributed by atoms with Crippen molar-refractivity contribution in [1.82, 2.24) is 10.5 Å². The van der Waals surface area contributed by atoms with Crippen LogP contribution in [-0.4, -0.2) is 29.6 Å². The lowest BCUT2D eigenvalue weighted by Crippen LogP contribution is -2.46. The van der Waals surface area contributed by atoms with Gasteiger partial charge in [0.2, 0.25) is 0 Å². The van der Waals surface area contributed by atoms with E-state index in [4.69, 9.17) is 14.0 Å². The lowest BCUT2D eigenvalue weighted by Gasteiger charge is -2.19. The number of Topliss-reactive ketones (excluding diaryl/α,β-unsaturated/α-hetero) is 1. The third-order valence-electron chi connectivity index (χ3n) is 5.71. The van der Waals surface area contributed by atoms with Crippen molar-refractivity contribution >= 4 is 17.5 Å². The first-order valence-electron chi connectivity index (χ1n) is 12.0. The van der Waals surface area contributed by atoms with Crippen LogP contribution in [0.3, 0.4) is 0 Å². The minimum Gasteiger partial charge on any atom is -0.457 e. The summed E-state index contributed by atoms with van der Waals surface area (Å²) >= 11 is 0. The van der Waals surface area contributed by atoms with Gasteiger partial charge < -0.3 is 24.6 Å². The van der Waals surface area contributed by atoms with Crippen LogP contribution in [0.25, 0.3) is 0 Å². The van der Waals surface area contributed by atoms with E-state index in [1.54, 1.807) is 38.1 Å². The minimum atomic E-state index is -0.894. The quantitative estimate of drug-likeness (QED) is 0.263. The summed E-state index contributed by atoms with van der Waals surface area (Å²) in [5, 5.41) is 9.23. The summed E-state index contributed by atoms with van der Waals surface area (Å²) in [6.45, 7) is 3.69. The van der Waals surface area contributed by atoms with E-state index in [2.05, 4.69) is 15.8 Å². The Morgan fingerprint density at radius 3 is 2.21 bits per heavy atom. The third kappa shape index (κ3) is 7.50. The molecule has 8 nitrogen and oxygen atoms in total. The molecule has 9 heteroatoms. The van der Waals surface area contributed by atoms with E-state index < -0.39 is 12.1 Å². The average molecular weight is 518 g/mol. The summed E-state index contributed by atoms with van der Waals surface area (Å²) in [6.07, 6.45) is 0.0712. The van der Waals surface area contributed by atoms with E-state index in [0.717, 1.165) is 11.1 Å². The Balaban J connectivity index is 1.39. The molecule has 1 aromatic heterocycles. The fourth-order valence-corrected chi connectivity index (χ4v) is 3.69. The first-order valence-corrected chi connectivity index (χ1v) is 12.0. The van der Waals surface area contributed by atoms with Crippen LogP contribution in [0.2, 0.25) is 0 Å². The summed E-state index contributed by atoms with van der Waals surface area (Å²) < 4.78 is 29.7. The van der Waals surface area contributed by atoms with Crippen molar-refractivity contribution in [2.75, 3.05) is 11.9 Å². The zero-order valence-electron chi connectivity index (χ0n) is 21.1. The van der Waals surface area contributed by atoms with Crippen LogP contribution in [0.5, 0.6) is 11.5 Å². The molecular formula is C29H28FN3O5. The van der Waals surface area contributed by atoms with Crippen molar-refractivity contribution in [3.05, 3.63) is 107 Å².